The number of anilines is 1. The third-order valence-corrected chi connectivity index (χ3v) is 5.77. The molecule has 1 aromatic rings. The number of hydrogen-bond acceptors (Lipinski definition) is 4. The molecule has 1 aromatic heterocycles. The van der Waals surface area contributed by atoms with Crippen molar-refractivity contribution in [2.24, 2.45) is 5.92 Å². The molecule has 2 atom stereocenters. The molecule has 6 heteroatoms. The van der Waals surface area contributed by atoms with Crippen molar-refractivity contribution in [3.8, 4) is 0 Å². The normalized spacial score (nSPS) is 21.3. The number of carbonyl (C=O) groups excluding carboxylic acids is 1. The van der Waals surface area contributed by atoms with E-state index in [9.17, 15) is 4.79 Å². The summed E-state index contributed by atoms with van der Waals surface area (Å²) >= 11 is 6.97. The van der Waals surface area contributed by atoms with E-state index in [1.165, 1.54) is 37.7 Å². The van der Waals surface area contributed by atoms with Gasteiger partial charge in [0, 0.05) is 10.9 Å². The Kier molecular flexibility index (Phi) is 5.81. The van der Waals surface area contributed by atoms with E-state index in [0.29, 0.717) is 22.6 Å². The Labute approximate surface area is 141 Å². The molecule has 1 aliphatic rings. The van der Waals surface area contributed by atoms with E-state index in [2.05, 4.69) is 17.6 Å². The van der Waals surface area contributed by atoms with Crippen molar-refractivity contribution in [1.82, 2.24) is 5.32 Å². The molecule has 1 heterocycles. The lowest BCUT2D eigenvalue weighted by atomic mass is 9.86. The summed E-state index contributed by atoms with van der Waals surface area (Å²) in [6, 6.07) is 0.414. The molecule has 1 fully saturated rings. The Morgan fingerprint density at radius 3 is 2.64 bits per heavy atom. The zero-order chi connectivity index (χ0) is 16.3. The maximum absolute atomic E-state index is 12.0. The van der Waals surface area contributed by atoms with Gasteiger partial charge in [-0.1, -0.05) is 19.8 Å². The van der Waals surface area contributed by atoms with Crippen LogP contribution in [0, 0.1) is 19.8 Å². The molecule has 1 saturated carbocycles. The Morgan fingerprint density at radius 2 is 2.00 bits per heavy atom. The first-order valence-electron chi connectivity index (χ1n) is 7.69. The fourth-order valence-corrected chi connectivity index (χ4v) is 4.27. The van der Waals surface area contributed by atoms with Crippen LogP contribution < -0.4 is 10.6 Å². The van der Waals surface area contributed by atoms with E-state index in [1.807, 2.05) is 13.8 Å². The van der Waals surface area contributed by atoms with Crippen LogP contribution in [0.25, 0.3) is 0 Å². The lowest BCUT2D eigenvalue weighted by Gasteiger charge is -2.30. The number of thiocarbonyl (C=S) groups is 1. The maximum Gasteiger partial charge on any atom is 0.341 e. The molecule has 0 aromatic carbocycles. The van der Waals surface area contributed by atoms with Crippen molar-refractivity contribution >= 4 is 39.6 Å². The minimum absolute atomic E-state index is 0.321. The van der Waals surface area contributed by atoms with Gasteiger partial charge in [0.15, 0.2) is 5.11 Å². The first-order chi connectivity index (χ1) is 10.4. The number of thiophene rings is 1. The standard InChI is InChI=1S/C16H24N2O2S2/c1-9-7-5-6-8-12(9)17-16(21)18-14-13(15(19)20-4)10(2)11(3)22-14/h9,12H,5-8H2,1-4H3,(H2,17,18,21). The first-order valence-corrected chi connectivity index (χ1v) is 8.92. The second kappa shape index (κ2) is 7.42. The zero-order valence-corrected chi connectivity index (χ0v) is 15.2. The number of aryl methyl sites for hydroxylation is 1. The smallest absolute Gasteiger partial charge is 0.341 e. The van der Waals surface area contributed by atoms with Gasteiger partial charge in [-0.2, -0.15) is 0 Å². The van der Waals surface area contributed by atoms with Crippen LogP contribution in [0.2, 0.25) is 0 Å². The third-order valence-electron chi connectivity index (χ3n) is 4.43. The summed E-state index contributed by atoms with van der Waals surface area (Å²) in [5, 5.41) is 7.95. The van der Waals surface area contributed by atoms with E-state index in [0.717, 1.165) is 21.9 Å². The predicted octanol–water partition coefficient (Wildman–Crippen LogP) is 4.02. The SMILES string of the molecule is COC(=O)c1c(NC(=S)NC2CCCCC2C)sc(C)c1C. The van der Waals surface area contributed by atoms with Crippen molar-refractivity contribution in [2.75, 3.05) is 12.4 Å². The molecule has 4 nitrogen and oxygen atoms in total. The molecule has 22 heavy (non-hydrogen) atoms. The summed E-state index contributed by atoms with van der Waals surface area (Å²) < 4.78 is 4.88. The van der Waals surface area contributed by atoms with Crippen LogP contribution in [0.15, 0.2) is 0 Å². The average molecular weight is 341 g/mol. The molecule has 0 aliphatic heterocycles. The van der Waals surface area contributed by atoms with Crippen molar-refractivity contribution in [3.63, 3.8) is 0 Å². The summed E-state index contributed by atoms with van der Waals surface area (Å²) in [5.41, 5.74) is 1.54. The van der Waals surface area contributed by atoms with Gasteiger partial charge < -0.3 is 15.4 Å². The Hall–Kier alpha value is -1.14. The fourth-order valence-electron chi connectivity index (χ4n) is 2.90. The van der Waals surface area contributed by atoms with Gasteiger partial charge in [-0.05, 0) is 50.4 Å². The van der Waals surface area contributed by atoms with Gasteiger partial charge in [0.25, 0.3) is 0 Å². The number of esters is 1. The molecule has 122 valence electrons. The summed E-state index contributed by atoms with van der Waals surface area (Å²) in [6.07, 6.45) is 4.94. The van der Waals surface area contributed by atoms with Crippen molar-refractivity contribution in [2.45, 2.75) is 52.5 Å². The maximum atomic E-state index is 12.0. The first kappa shape index (κ1) is 17.2. The van der Waals surface area contributed by atoms with Gasteiger partial charge in [-0.15, -0.1) is 11.3 Å². The molecule has 0 spiro atoms. The van der Waals surface area contributed by atoms with Gasteiger partial charge in [0.2, 0.25) is 0 Å². The predicted molar refractivity (Wildman–Crippen MR) is 95.9 cm³/mol. The number of carbonyl (C=O) groups is 1. The fraction of sp³-hybridized carbons (Fsp3) is 0.625. The second-order valence-electron chi connectivity index (χ2n) is 5.95. The van der Waals surface area contributed by atoms with E-state index in [-0.39, 0.29) is 5.97 Å². The molecular weight excluding hydrogens is 316 g/mol. The van der Waals surface area contributed by atoms with E-state index in [4.69, 9.17) is 17.0 Å². The number of methoxy groups -OCH3 is 1. The molecule has 0 saturated heterocycles. The van der Waals surface area contributed by atoms with Crippen LogP contribution in [0.4, 0.5) is 5.00 Å². The minimum atomic E-state index is -0.321. The zero-order valence-electron chi connectivity index (χ0n) is 13.6. The molecule has 0 bridgehead atoms. The van der Waals surface area contributed by atoms with Crippen LogP contribution >= 0.6 is 23.6 Å². The number of hydrogen-bond donors (Lipinski definition) is 2. The number of rotatable bonds is 3. The summed E-state index contributed by atoms with van der Waals surface area (Å²) in [4.78, 5) is 13.1. The van der Waals surface area contributed by atoms with Gasteiger partial charge in [0.05, 0.1) is 12.7 Å². The topological polar surface area (TPSA) is 50.4 Å². The van der Waals surface area contributed by atoms with Crippen LogP contribution in [-0.4, -0.2) is 24.2 Å². The Balaban J connectivity index is 2.08. The quantitative estimate of drug-likeness (QED) is 0.643. The van der Waals surface area contributed by atoms with E-state index in [1.54, 1.807) is 0 Å². The van der Waals surface area contributed by atoms with Crippen LogP contribution in [0.5, 0.6) is 0 Å². The van der Waals surface area contributed by atoms with Crippen LogP contribution in [-0.2, 0) is 4.74 Å². The number of ether oxygens (including phenoxy) is 1. The summed E-state index contributed by atoms with van der Waals surface area (Å²) in [6.45, 7) is 6.19. The van der Waals surface area contributed by atoms with E-state index < -0.39 is 0 Å². The Morgan fingerprint density at radius 1 is 1.32 bits per heavy atom. The molecule has 2 rings (SSSR count). The largest absolute Gasteiger partial charge is 0.465 e. The van der Waals surface area contributed by atoms with Crippen LogP contribution in [0.3, 0.4) is 0 Å². The van der Waals surface area contributed by atoms with Crippen molar-refractivity contribution in [1.29, 1.82) is 0 Å². The third kappa shape index (κ3) is 3.79. The molecule has 0 radical (unpaired) electrons. The molecule has 2 unspecified atom stereocenters. The van der Waals surface area contributed by atoms with Crippen molar-refractivity contribution in [3.05, 3.63) is 16.0 Å². The van der Waals surface area contributed by atoms with Crippen LogP contribution in [0.1, 0.15) is 53.4 Å². The molecule has 2 N–H and O–H groups in total. The highest BCUT2D eigenvalue weighted by atomic mass is 32.1. The lowest BCUT2D eigenvalue weighted by molar-refractivity contribution is 0.0601. The monoisotopic (exact) mass is 340 g/mol. The van der Waals surface area contributed by atoms with Gasteiger partial charge in [-0.25, -0.2) is 4.79 Å². The minimum Gasteiger partial charge on any atom is -0.465 e. The van der Waals surface area contributed by atoms with Gasteiger partial charge in [0.1, 0.15) is 5.00 Å². The highest BCUT2D eigenvalue weighted by molar-refractivity contribution is 7.80. The molecule has 1 aliphatic carbocycles. The highest BCUT2D eigenvalue weighted by Gasteiger charge is 2.24. The van der Waals surface area contributed by atoms with Gasteiger partial charge in [-0.3, -0.25) is 0 Å². The summed E-state index contributed by atoms with van der Waals surface area (Å²) in [5.74, 6) is 0.304. The molecule has 0 amide bonds. The van der Waals surface area contributed by atoms with Gasteiger partial charge >= 0.3 is 5.97 Å². The van der Waals surface area contributed by atoms with E-state index >= 15 is 0 Å². The average Bonchev–Trinajstić information content (AvgIpc) is 2.75. The lowest BCUT2D eigenvalue weighted by Crippen LogP contribution is -2.43. The highest BCUT2D eigenvalue weighted by Crippen LogP contribution is 2.33. The summed E-state index contributed by atoms with van der Waals surface area (Å²) in [7, 11) is 1.40. The second-order valence-corrected chi connectivity index (χ2v) is 7.58. The number of nitrogens with one attached hydrogen (secondary N) is 2. The molecular formula is C16H24N2O2S2. The Bertz CT molecular complexity index is 569. The van der Waals surface area contributed by atoms with Crippen molar-refractivity contribution < 1.29 is 9.53 Å².